The van der Waals surface area contributed by atoms with Gasteiger partial charge in [0, 0.05) is 6.04 Å². The van der Waals surface area contributed by atoms with Crippen molar-refractivity contribution >= 4 is 11.8 Å². The molecule has 0 saturated heterocycles. The average molecular weight is 215 g/mol. The summed E-state index contributed by atoms with van der Waals surface area (Å²) in [6.07, 6.45) is 10.9. The topological polar surface area (TPSA) is 12.0 Å². The van der Waals surface area contributed by atoms with Gasteiger partial charge in [0.05, 0.1) is 0 Å². The Hall–Kier alpha value is 0.310. The fourth-order valence-electron chi connectivity index (χ4n) is 2.57. The van der Waals surface area contributed by atoms with Gasteiger partial charge in [0.25, 0.3) is 0 Å². The molecule has 0 aromatic rings. The summed E-state index contributed by atoms with van der Waals surface area (Å²) in [4.78, 5) is 0. The van der Waals surface area contributed by atoms with Crippen LogP contribution in [0.3, 0.4) is 0 Å². The highest BCUT2D eigenvalue weighted by molar-refractivity contribution is 7.98. The van der Waals surface area contributed by atoms with Crippen LogP contribution in [0, 0.1) is 5.92 Å². The first-order valence-corrected chi connectivity index (χ1v) is 7.50. The van der Waals surface area contributed by atoms with Crippen LogP contribution in [0.25, 0.3) is 0 Å². The zero-order valence-electron chi connectivity index (χ0n) is 9.72. The first-order chi connectivity index (χ1) is 6.88. The lowest BCUT2D eigenvalue weighted by Crippen LogP contribution is -2.35. The molecule has 1 rings (SSSR count). The van der Waals surface area contributed by atoms with Gasteiger partial charge in [-0.15, -0.1) is 0 Å². The molecule has 0 spiro atoms. The maximum Gasteiger partial charge on any atom is 0.00955 e. The summed E-state index contributed by atoms with van der Waals surface area (Å²) < 4.78 is 0. The molecular weight excluding hydrogens is 190 g/mol. The number of rotatable bonds is 7. The van der Waals surface area contributed by atoms with E-state index in [1.807, 2.05) is 11.8 Å². The lowest BCUT2D eigenvalue weighted by atomic mass is 9.94. The summed E-state index contributed by atoms with van der Waals surface area (Å²) in [5.41, 5.74) is 0. The summed E-state index contributed by atoms with van der Waals surface area (Å²) >= 11 is 1.98. The van der Waals surface area contributed by atoms with E-state index in [0.717, 1.165) is 18.5 Å². The second-order valence-electron chi connectivity index (χ2n) is 4.34. The Kier molecular flexibility index (Phi) is 6.70. The summed E-state index contributed by atoms with van der Waals surface area (Å²) in [5.74, 6) is 2.31. The van der Waals surface area contributed by atoms with Gasteiger partial charge in [-0.3, -0.25) is 0 Å². The average Bonchev–Trinajstić information content (AvgIpc) is 2.70. The molecule has 0 amide bonds. The second-order valence-corrected chi connectivity index (χ2v) is 5.33. The number of hydrogen-bond acceptors (Lipinski definition) is 2. The predicted molar refractivity (Wildman–Crippen MR) is 67.0 cm³/mol. The maximum absolute atomic E-state index is 3.67. The van der Waals surface area contributed by atoms with E-state index in [1.54, 1.807) is 0 Å². The van der Waals surface area contributed by atoms with Gasteiger partial charge in [0.15, 0.2) is 0 Å². The molecule has 1 N–H and O–H groups in total. The zero-order chi connectivity index (χ0) is 10.2. The van der Waals surface area contributed by atoms with Crippen molar-refractivity contribution in [2.45, 2.75) is 51.5 Å². The van der Waals surface area contributed by atoms with E-state index in [4.69, 9.17) is 0 Å². The van der Waals surface area contributed by atoms with Crippen LogP contribution in [0.4, 0.5) is 0 Å². The third-order valence-electron chi connectivity index (χ3n) is 3.30. The van der Waals surface area contributed by atoms with Crippen LogP contribution in [0.5, 0.6) is 0 Å². The molecule has 0 radical (unpaired) electrons. The van der Waals surface area contributed by atoms with Gasteiger partial charge in [-0.2, -0.15) is 11.8 Å². The van der Waals surface area contributed by atoms with Crippen molar-refractivity contribution in [1.29, 1.82) is 0 Å². The third kappa shape index (κ3) is 4.22. The Bertz CT molecular complexity index is 132. The molecule has 1 aliphatic carbocycles. The van der Waals surface area contributed by atoms with E-state index in [-0.39, 0.29) is 0 Å². The molecular formula is C12H25NS. The molecule has 1 fully saturated rings. The summed E-state index contributed by atoms with van der Waals surface area (Å²) in [7, 11) is 0. The van der Waals surface area contributed by atoms with Crippen molar-refractivity contribution in [2.75, 3.05) is 18.6 Å². The van der Waals surface area contributed by atoms with Crippen LogP contribution < -0.4 is 5.32 Å². The molecule has 0 heterocycles. The van der Waals surface area contributed by atoms with Crippen molar-refractivity contribution < 1.29 is 0 Å². The van der Waals surface area contributed by atoms with Crippen molar-refractivity contribution in [1.82, 2.24) is 5.32 Å². The molecule has 14 heavy (non-hydrogen) atoms. The standard InChI is InChI=1S/C12H25NS/c1-3-13-12(9-6-10-14-2)11-7-4-5-8-11/h11-13H,3-10H2,1-2H3. The third-order valence-corrected chi connectivity index (χ3v) is 4.00. The van der Waals surface area contributed by atoms with Gasteiger partial charge in [-0.1, -0.05) is 19.8 Å². The molecule has 0 bridgehead atoms. The van der Waals surface area contributed by atoms with Gasteiger partial charge in [0.1, 0.15) is 0 Å². The lowest BCUT2D eigenvalue weighted by Gasteiger charge is -2.24. The largest absolute Gasteiger partial charge is 0.314 e. The van der Waals surface area contributed by atoms with Crippen molar-refractivity contribution in [3.05, 3.63) is 0 Å². The summed E-state index contributed by atoms with van der Waals surface area (Å²) in [6, 6.07) is 0.814. The Labute approximate surface area is 93.4 Å². The van der Waals surface area contributed by atoms with Crippen LogP contribution in [-0.4, -0.2) is 24.6 Å². The second kappa shape index (κ2) is 7.58. The van der Waals surface area contributed by atoms with Crippen molar-refractivity contribution in [3.63, 3.8) is 0 Å². The maximum atomic E-state index is 3.67. The highest BCUT2D eigenvalue weighted by Crippen LogP contribution is 2.29. The van der Waals surface area contributed by atoms with Gasteiger partial charge in [0.2, 0.25) is 0 Å². The summed E-state index contributed by atoms with van der Waals surface area (Å²) in [6.45, 7) is 3.37. The minimum atomic E-state index is 0.814. The smallest absolute Gasteiger partial charge is 0.00955 e. The molecule has 1 unspecified atom stereocenters. The van der Waals surface area contributed by atoms with E-state index in [2.05, 4.69) is 18.5 Å². The minimum Gasteiger partial charge on any atom is -0.314 e. The minimum absolute atomic E-state index is 0.814. The first-order valence-electron chi connectivity index (χ1n) is 6.10. The first kappa shape index (κ1) is 12.4. The van der Waals surface area contributed by atoms with Crippen LogP contribution in [0.1, 0.15) is 45.4 Å². The molecule has 2 heteroatoms. The van der Waals surface area contributed by atoms with Gasteiger partial charge < -0.3 is 5.32 Å². The highest BCUT2D eigenvalue weighted by Gasteiger charge is 2.23. The molecule has 1 atom stereocenters. The normalized spacial score (nSPS) is 20.1. The van der Waals surface area contributed by atoms with E-state index < -0.39 is 0 Å². The monoisotopic (exact) mass is 215 g/mol. The molecule has 1 nitrogen and oxygen atoms in total. The number of hydrogen-bond donors (Lipinski definition) is 1. The van der Waals surface area contributed by atoms with E-state index in [1.165, 1.54) is 44.3 Å². The van der Waals surface area contributed by atoms with Crippen LogP contribution in [-0.2, 0) is 0 Å². The van der Waals surface area contributed by atoms with Crippen molar-refractivity contribution in [2.24, 2.45) is 5.92 Å². The molecule has 1 saturated carbocycles. The Balaban J connectivity index is 2.22. The number of nitrogens with one attached hydrogen (secondary N) is 1. The Morgan fingerprint density at radius 1 is 1.36 bits per heavy atom. The quantitative estimate of drug-likeness (QED) is 0.654. The lowest BCUT2D eigenvalue weighted by molar-refractivity contribution is 0.344. The van der Waals surface area contributed by atoms with E-state index in [0.29, 0.717) is 0 Å². The van der Waals surface area contributed by atoms with Crippen LogP contribution >= 0.6 is 11.8 Å². The van der Waals surface area contributed by atoms with E-state index >= 15 is 0 Å². The summed E-state index contributed by atoms with van der Waals surface area (Å²) in [5, 5.41) is 3.67. The van der Waals surface area contributed by atoms with Gasteiger partial charge in [-0.25, -0.2) is 0 Å². The number of thioether (sulfide) groups is 1. The van der Waals surface area contributed by atoms with Crippen molar-refractivity contribution in [3.8, 4) is 0 Å². The highest BCUT2D eigenvalue weighted by atomic mass is 32.2. The SMILES string of the molecule is CCNC(CCCSC)C1CCCC1. The van der Waals surface area contributed by atoms with Crippen LogP contribution in [0.2, 0.25) is 0 Å². The molecule has 1 aliphatic rings. The van der Waals surface area contributed by atoms with Gasteiger partial charge in [-0.05, 0) is 50.2 Å². The molecule has 84 valence electrons. The molecule has 0 aromatic heterocycles. The Morgan fingerprint density at radius 2 is 2.07 bits per heavy atom. The fraction of sp³-hybridized carbons (Fsp3) is 1.00. The predicted octanol–water partition coefficient (Wildman–Crippen LogP) is 3.30. The van der Waals surface area contributed by atoms with E-state index in [9.17, 15) is 0 Å². The Morgan fingerprint density at radius 3 is 2.64 bits per heavy atom. The van der Waals surface area contributed by atoms with Gasteiger partial charge >= 0.3 is 0 Å². The fourth-order valence-corrected chi connectivity index (χ4v) is 3.03. The zero-order valence-corrected chi connectivity index (χ0v) is 10.5. The molecule has 0 aromatic carbocycles. The van der Waals surface area contributed by atoms with Crippen LogP contribution in [0.15, 0.2) is 0 Å². The molecule has 0 aliphatic heterocycles.